The van der Waals surface area contributed by atoms with Gasteiger partial charge in [-0.1, -0.05) is 72.0 Å². The molecule has 2 aromatic carbocycles. The molecule has 1 saturated carbocycles. The first-order valence-electron chi connectivity index (χ1n) is 9.93. The van der Waals surface area contributed by atoms with Crippen LogP contribution in [0, 0.1) is 0 Å². The molecular weight excluding hydrogens is 410 g/mol. The van der Waals surface area contributed by atoms with Crippen LogP contribution >= 0.6 is 22.7 Å². The highest BCUT2D eigenvalue weighted by Crippen LogP contribution is 2.42. The number of thiophene rings is 1. The molecule has 30 heavy (non-hydrogen) atoms. The van der Waals surface area contributed by atoms with Crippen molar-refractivity contribution in [2.75, 3.05) is 5.32 Å². The minimum absolute atomic E-state index is 0.129. The van der Waals surface area contributed by atoms with Crippen LogP contribution < -0.4 is 11.1 Å². The molecule has 0 spiro atoms. The summed E-state index contributed by atoms with van der Waals surface area (Å²) in [5.74, 6) is -0.129. The number of nitrogens with one attached hydrogen (secondary N) is 1. The van der Waals surface area contributed by atoms with Gasteiger partial charge in [0.2, 0.25) is 0 Å². The van der Waals surface area contributed by atoms with E-state index in [1.165, 1.54) is 34.7 Å². The minimum atomic E-state index is -0.178. The second-order valence-electron chi connectivity index (χ2n) is 7.58. The molecule has 6 heteroatoms. The highest BCUT2D eigenvalue weighted by atomic mass is 32.1. The summed E-state index contributed by atoms with van der Waals surface area (Å²) < 4.78 is 0. The Bertz CT molecular complexity index is 1160. The largest absolute Gasteiger partial charge is 0.321 e. The molecule has 0 atom stereocenters. The zero-order valence-electron chi connectivity index (χ0n) is 16.3. The Morgan fingerprint density at radius 3 is 2.37 bits per heavy atom. The molecular formula is C24H21N3OS2. The molecule has 3 N–H and O–H groups in total. The van der Waals surface area contributed by atoms with Crippen molar-refractivity contribution in [2.24, 2.45) is 5.73 Å². The average Bonchev–Trinajstić information content (AvgIpc) is 3.43. The normalized spacial score (nSPS) is 14.8. The van der Waals surface area contributed by atoms with Crippen LogP contribution in [0.15, 0.2) is 72.1 Å². The van der Waals surface area contributed by atoms with Crippen molar-refractivity contribution in [3.05, 3.63) is 82.6 Å². The lowest BCUT2D eigenvalue weighted by atomic mass is 9.72. The SMILES string of the molecule is NC1(c2ccc(-c3nc(NC(=O)c4cccs4)sc3-c3ccccc3)cc2)CCC1. The lowest BCUT2D eigenvalue weighted by molar-refractivity contribution is 0.103. The van der Waals surface area contributed by atoms with Gasteiger partial charge in [0.15, 0.2) is 5.13 Å². The monoisotopic (exact) mass is 431 g/mol. The Labute approximate surface area is 183 Å². The quantitative estimate of drug-likeness (QED) is 0.399. The van der Waals surface area contributed by atoms with E-state index in [9.17, 15) is 4.79 Å². The molecule has 1 aliphatic rings. The van der Waals surface area contributed by atoms with E-state index in [1.807, 2.05) is 35.7 Å². The molecule has 4 aromatic rings. The maximum Gasteiger partial charge on any atom is 0.267 e. The highest BCUT2D eigenvalue weighted by Gasteiger charge is 2.34. The van der Waals surface area contributed by atoms with Crippen molar-refractivity contribution in [3.63, 3.8) is 0 Å². The summed E-state index contributed by atoms with van der Waals surface area (Å²) >= 11 is 2.91. The lowest BCUT2D eigenvalue weighted by Crippen LogP contribution is -2.43. The van der Waals surface area contributed by atoms with Crippen LogP contribution in [0.25, 0.3) is 21.7 Å². The van der Waals surface area contributed by atoms with Crippen LogP contribution in [0.3, 0.4) is 0 Å². The molecule has 1 fully saturated rings. The summed E-state index contributed by atoms with van der Waals surface area (Å²) in [6.07, 6.45) is 3.27. The third-order valence-electron chi connectivity index (χ3n) is 5.61. The third kappa shape index (κ3) is 3.58. The van der Waals surface area contributed by atoms with Gasteiger partial charge in [-0.2, -0.15) is 0 Å². The van der Waals surface area contributed by atoms with Gasteiger partial charge in [-0.3, -0.25) is 10.1 Å². The van der Waals surface area contributed by atoms with Crippen LogP contribution in [-0.4, -0.2) is 10.9 Å². The molecule has 0 bridgehead atoms. The Morgan fingerprint density at radius 1 is 0.967 bits per heavy atom. The molecule has 150 valence electrons. The first-order chi connectivity index (χ1) is 14.6. The van der Waals surface area contributed by atoms with E-state index in [1.54, 1.807) is 0 Å². The van der Waals surface area contributed by atoms with Crippen molar-refractivity contribution >= 4 is 33.7 Å². The fraction of sp³-hybridized carbons (Fsp3) is 0.167. The molecule has 2 heterocycles. The number of carbonyl (C=O) groups excluding carboxylic acids is 1. The summed E-state index contributed by atoms with van der Waals surface area (Å²) in [6.45, 7) is 0. The number of anilines is 1. The van der Waals surface area contributed by atoms with Crippen LogP contribution in [-0.2, 0) is 5.54 Å². The molecule has 0 radical (unpaired) electrons. The molecule has 4 nitrogen and oxygen atoms in total. The average molecular weight is 432 g/mol. The Morgan fingerprint density at radius 2 is 1.73 bits per heavy atom. The summed E-state index contributed by atoms with van der Waals surface area (Å²) in [7, 11) is 0. The van der Waals surface area contributed by atoms with Gasteiger partial charge in [0.1, 0.15) is 0 Å². The Hall–Kier alpha value is -2.80. The van der Waals surface area contributed by atoms with Crippen molar-refractivity contribution < 1.29 is 4.79 Å². The van der Waals surface area contributed by atoms with Gasteiger partial charge in [0.05, 0.1) is 15.4 Å². The second-order valence-corrected chi connectivity index (χ2v) is 9.53. The van der Waals surface area contributed by atoms with Crippen LogP contribution in [0.2, 0.25) is 0 Å². The van der Waals surface area contributed by atoms with E-state index in [0.29, 0.717) is 10.0 Å². The van der Waals surface area contributed by atoms with Crippen LogP contribution in [0.5, 0.6) is 0 Å². The predicted octanol–water partition coefficient (Wildman–Crippen LogP) is 6.13. The van der Waals surface area contributed by atoms with Crippen LogP contribution in [0.4, 0.5) is 5.13 Å². The Balaban J connectivity index is 1.51. The second kappa shape index (κ2) is 7.80. The standard InChI is InChI=1S/C24H21N3OS2/c25-24(13-5-14-24)18-11-9-16(10-12-18)20-21(17-6-2-1-3-7-17)30-23(26-20)27-22(28)19-8-4-15-29-19/h1-4,6-12,15H,5,13-14,25H2,(H,26,27,28). The number of amides is 1. The zero-order valence-corrected chi connectivity index (χ0v) is 17.9. The van der Waals surface area contributed by atoms with E-state index in [-0.39, 0.29) is 11.4 Å². The summed E-state index contributed by atoms with van der Waals surface area (Å²) in [6, 6.07) is 22.3. The number of hydrogen-bond donors (Lipinski definition) is 2. The number of nitrogens with zero attached hydrogens (tertiary/aromatic N) is 1. The maximum absolute atomic E-state index is 12.5. The lowest BCUT2D eigenvalue weighted by Gasteiger charge is -2.38. The molecule has 5 rings (SSSR count). The van der Waals surface area contributed by atoms with Gasteiger partial charge in [-0.15, -0.1) is 11.3 Å². The first-order valence-corrected chi connectivity index (χ1v) is 11.6. The highest BCUT2D eigenvalue weighted by molar-refractivity contribution is 7.19. The maximum atomic E-state index is 12.5. The number of aromatic nitrogens is 1. The van der Waals surface area contributed by atoms with Crippen LogP contribution in [0.1, 0.15) is 34.5 Å². The van der Waals surface area contributed by atoms with Crippen molar-refractivity contribution in [2.45, 2.75) is 24.8 Å². The summed E-state index contributed by atoms with van der Waals surface area (Å²) in [5.41, 5.74) is 10.5. The number of hydrogen-bond acceptors (Lipinski definition) is 5. The third-order valence-corrected chi connectivity index (χ3v) is 7.50. The predicted molar refractivity (Wildman–Crippen MR) is 125 cm³/mol. The van der Waals surface area contributed by atoms with Crippen molar-refractivity contribution in [1.29, 1.82) is 0 Å². The van der Waals surface area contributed by atoms with Gasteiger partial charge in [0.25, 0.3) is 5.91 Å². The summed E-state index contributed by atoms with van der Waals surface area (Å²) in [5, 5.41) is 5.45. The van der Waals surface area contributed by atoms with E-state index in [4.69, 9.17) is 10.7 Å². The minimum Gasteiger partial charge on any atom is -0.321 e. The summed E-state index contributed by atoms with van der Waals surface area (Å²) in [4.78, 5) is 19.0. The smallest absolute Gasteiger partial charge is 0.267 e. The number of carbonyl (C=O) groups is 1. The van der Waals surface area contributed by atoms with Gasteiger partial charge in [0, 0.05) is 11.1 Å². The Kier molecular flexibility index (Phi) is 4.98. The molecule has 1 aliphatic carbocycles. The van der Waals surface area contributed by atoms with Gasteiger partial charge in [-0.25, -0.2) is 4.98 Å². The zero-order chi connectivity index (χ0) is 20.6. The topological polar surface area (TPSA) is 68.0 Å². The van der Waals surface area contributed by atoms with E-state index < -0.39 is 0 Å². The molecule has 2 aromatic heterocycles. The molecule has 0 unspecified atom stereocenters. The van der Waals surface area contributed by atoms with Crippen molar-refractivity contribution in [1.82, 2.24) is 4.98 Å². The fourth-order valence-corrected chi connectivity index (χ4v) is 5.33. The molecule has 0 saturated heterocycles. The number of benzene rings is 2. The van der Waals surface area contributed by atoms with Gasteiger partial charge >= 0.3 is 0 Å². The van der Waals surface area contributed by atoms with E-state index in [2.05, 4.69) is 41.7 Å². The number of rotatable bonds is 5. The van der Waals surface area contributed by atoms with Gasteiger partial charge < -0.3 is 5.73 Å². The first kappa shape index (κ1) is 19.2. The number of nitrogens with two attached hydrogens (primary N) is 1. The van der Waals surface area contributed by atoms with Gasteiger partial charge in [-0.05, 0) is 41.8 Å². The van der Waals surface area contributed by atoms with E-state index in [0.717, 1.165) is 34.5 Å². The van der Waals surface area contributed by atoms with E-state index >= 15 is 0 Å². The molecule has 1 amide bonds. The number of thiazole rings is 1. The molecule has 0 aliphatic heterocycles. The van der Waals surface area contributed by atoms with Crippen molar-refractivity contribution in [3.8, 4) is 21.7 Å². The fourth-order valence-electron chi connectivity index (χ4n) is 3.73.